The van der Waals surface area contributed by atoms with E-state index in [0.717, 1.165) is 18.5 Å². The van der Waals surface area contributed by atoms with Crippen LogP contribution in [0.5, 0.6) is 0 Å². The molecule has 3 heteroatoms. The van der Waals surface area contributed by atoms with Crippen LogP contribution in [-0.2, 0) is 4.79 Å². The van der Waals surface area contributed by atoms with Gasteiger partial charge >= 0.3 is 5.97 Å². The van der Waals surface area contributed by atoms with Crippen molar-refractivity contribution >= 4 is 5.97 Å². The minimum Gasteiger partial charge on any atom is -0.478 e. The second-order valence-electron chi connectivity index (χ2n) is 4.10. The maximum atomic E-state index is 10.2. The molecule has 0 bridgehead atoms. The quantitative estimate of drug-likeness (QED) is 0.678. The first kappa shape index (κ1) is 11.1. The number of carbonyl (C=O) groups is 1. The van der Waals surface area contributed by atoms with Gasteiger partial charge < -0.3 is 10.4 Å². The monoisotopic (exact) mass is 197 g/mol. The Bertz CT molecular complexity index is 213. The lowest BCUT2D eigenvalue weighted by molar-refractivity contribution is -0.131. The summed E-state index contributed by atoms with van der Waals surface area (Å²) in [5.41, 5.74) is 0. The van der Waals surface area contributed by atoms with Crippen LogP contribution in [0.15, 0.2) is 12.3 Å². The zero-order valence-electron chi connectivity index (χ0n) is 8.70. The maximum Gasteiger partial charge on any atom is 0.329 e. The Hall–Kier alpha value is -0.990. The Labute approximate surface area is 85.2 Å². The molecule has 2 atom stereocenters. The van der Waals surface area contributed by atoms with E-state index < -0.39 is 5.97 Å². The number of nitrogens with one attached hydrogen (secondary N) is 1. The van der Waals surface area contributed by atoms with E-state index in [-0.39, 0.29) is 0 Å². The molecule has 1 saturated carbocycles. The van der Waals surface area contributed by atoms with E-state index in [9.17, 15) is 4.79 Å². The molecular formula is C11H19NO2. The summed E-state index contributed by atoms with van der Waals surface area (Å²) in [7, 11) is 0. The van der Waals surface area contributed by atoms with E-state index >= 15 is 0 Å². The van der Waals surface area contributed by atoms with Gasteiger partial charge in [-0.3, -0.25) is 0 Å². The van der Waals surface area contributed by atoms with Crippen LogP contribution in [0.2, 0.25) is 0 Å². The molecule has 0 heterocycles. The molecule has 0 saturated heterocycles. The van der Waals surface area contributed by atoms with Crippen LogP contribution in [-0.4, -0.2) is 17.6 Å². The van der Waals surface area contributed by atoms with E-state index in [0.29, 0.717) is 5.92 Å². The average Bonchev–Trinajstić information content (AvgIpc) is 2.15. The van der Waals surface area contributed by atoms with Crippen LogP contribution in [0.1, 0.15) is 32.6 Å². The number of aliphatic carboxylic acids is 1. The third kappa shape index (κ3) is 3.81. The van der Waals surface area contributed by atoms with Crippen molar-refractivity contribution in [3.63, 3.8) is 0 Å². The summed E-state index contributed by atoms with van der Waals surface area (Å²) in [6, 6.07) is 0. The summed E-state index contributed by atoms with van der Waals surface area (Å²) >= 11 is 0. The summed E-state index contributed by atoms with van der Waals surface area (Å²) in [6.45, 7) is 3.19. The SMILES string of the molecule is CC1CCCCC1CN/C=C/C(=O)O. The van der Waals surface area contributed by atoms with Gasteiger partial charge in [-0.15, -0.1) is 0 Å². The number of carboxylic acid groups (broad SMARTS) is 1. The van der Waals surface area contributed by atoms with Gasteiger partial charge in [-0.1, -0.05) is 26.2 Å². The van der Waals surface area contributed by atoms with Crippen molar-refractivity contribution in [1.29, 1.82) is 0 Å². The molecule has 0 amide bonds. The first-order valence-corrected chi connectivity index (χ1v) is 5.33. The van der Waals surface area contributed by atoms with E-state index in [4.69, 9.17) is 5.11 Å². The summed E-state index contributed by atoms with van der Waals surface area (Å²) < 4.78 is 0. The molecule has 1 fully saturated rings. The molecule has 0 aromatic rings. The third-order valence-electron chi connectivity index (χ3n) is 3.01. The molecule has 1 rings (SSSR count). The van der Waals surface area contributed by atoms with Crippen LogP contribution in [0, 0.1) is 11.8 Å². The van der Waals surface area contributed by atoms with Gasteiger partial charge in [-0.2, -0.15) is 0 Å². The van der Waals surface area contributed by atoms with Crippen molar-refractivity contribution in [1.82, 2.24) is 5.32 Å². The molecule has 0 aromatic heterocycles. The van der Waals surface area contributed by atoms with Crippen molar-refractivity contribution < 1.29 is 9.90 Å². The minimum absolute atomic E-state index is 0.710. The number of hydrogen-bond acceptors (Lipinski definition) is 2. The number of hydrogen-bond donors (Lipinski definition) is 2. The average molecular weight is 197 g/mol. The zero-order chi connectivity index (χ0) is 10.4. The molecule has 0 aromatic carbocycles. The maximum absolute atomic E-state index is 10.2. The van der Waals surface area contributed by atoms with Crippen molar-refractivity contribution in [2.75, 3.05) is 6.54 Å². The molecule has 3 nitrogen and oxygen atoms in total. The second-order valence-corrected chi connectivity index (χ2v) is 4.10. The molecule has 0 aliphatic heterocycles. The molecule has 2 unspecified atom stereocenters. The van der Waals surface area contributed by atoms with Crippen LogP contribution in [0.25, 0.3) is 0 Å². The lowest BCUT2D eigenvalue weighted by Crippen LogP contribution is -2.26. The van der Waals surface area contributed by atoms with E-state index in [2.05, 4.69) is 12.2 Å². The molecule has 14 heavy (non-hydrogen) atoms. The highest BCUT2D eigenvalue weighted by molar-refractivity contribution is 5.79. The largest absolute Gasteiger partial charge is 0.478 e. The van der Waals surface area contributed by atoms with Crippen LogP contribution in [0.4, 0.5) is 0 Å². The molecule has 2 N–H and O–H groups in total. The molecule has 80 valence electrons. The fourth-order valence-electron chi connectivity index (χ4n) is 2.05. The van der Waals surface area contributed by atoms with Gasteiger partial charge in [0, 0.05) is 18.8 Å². The van der Waals surface area contributed by atoms with E-state index in [1.165, 1.54) is 31.9 Å². The van der Waals surface area contributed by atoms with Gasteiger partial charge in [0.1, 0.15) is 0 Å². The Morgan fingerprint density at radius 2 is 2.21 bits per heavy atom. The minimum atomic E-state index is -0.894. The predicted octanol–water partition coefficient (Wildman–Crippen LogP) is 2.00. The Morgan fingerprint density at radius 1 is 1.50 bits per heavy atom. The van der Waals surface area contributed by atoms with E-state index in [1.807, 2.05) is 0 Å². The smallest absolute Gasteiger partial charge is 0.329 e. The van der Waals surface area contributed by atoms with Crippen LogP contribution in [0.3, 0.4) is 0 Å². The van der Waals surface area contributed by atoms with Crippen LogP contribution >= 0.6 is 0 Å². The fraction of sp³-hybridized carbons (Fsp3) is 0.727. The van der Waals surface area contributed by atoms with Crippen LogP contribution < -0.4 is 5.32 Å². The number of rotatable bonds is 4. The van der Waals surface area contributed by atoms with Gasteiger partial charge in [0.15, 0.2) is 0 Å². The number of carboxylic acids is 1. The highest BCUT2D eigenvalue weighted by atomic mass is 16.4. The topological polar surface area (TPSA) is 49.3 Å². The van der Waals surface area contributed by atoms with Crippen molar-refractivity contribution in [2.24, 2.45) is 11.8 Å². The third-order valence-corrected chi connectivity index (χ3v) is 3.01. The van der Waals surface area contributed by atoms with Gasteiger partial charge in [0.25, 0.3) is 0 Å². The van der Waals surface area contributed by atoms with Gasteiger partial charge in [0.05, 0.1) is 0 Å². The van der Waals surface area contributed by atoms with Crippen molar-refractivity contribution in [2.45, 2.75) is 32.6 Å². The summed E-state index contributed by atoms with van der Waals surface area (Å²) in [6.07, 6.45) is 7.93. The highest BCUT2D eigenvalue weighted by Gasteiger charge is 2.20. The van der Waals surface area contributed by atoms with Gasteiger partial charge in [-0.25, -0.2) is 4.79 Å². The molecule has 1 aliphatic carbocycles. The second kappa shape index (κ2) is 5.68. The highest BCUT2D eigenvalue weighted by Crippen LogP contribution is 2.28. The molecule has 0 spiro atoms. The molecule has 1 aliphatic rings. The van der Waals surface area contributed by atoms with E-state index in [1.54, 1.807) is 0 Å². The standard InChI is InChI=1S/C11H19NO2/c1-9-4-2-3-5-10(9)8-12-7-6-11(13)14/h6-7,9-10,12H,2-5,8H2,1H3,(H,13,14)/b7-6+. The fourth-order valence-corrected chi connectivity index (χ4v) is 2.05. The zero-order valence-corrected chi connectivity index (χ0v) is 8.70. The predicted molar refractivity (Wildman–Crippen MR) is 55.9 cm³/mol. The Kier molecular flexibility index (Phi) is 4.50. The lowest BCUT2D eigenvalue weighted by atomic mass is 9.80. The summed E-state index contributed by atoms with van der Waals surface area (Å²) in [5, 5.41) is 11.4. The summed E-state index contributed by atoms with van der Waals surface area (Å²) in [4.78, 5) is 10.2. The van der Waals surface area contributed by atoms with Crippen molar-refractivity contribution in [3.8, 4) is 0 Å². The first-order chi connectivity index (χ1) is 6.70. The van der Waals surface area contributed by atoms with Crippen molar-refractivity contribution in [3.05, 3.63) is 12.3 Å². The first-order valence-electron chi connectivity index (χ1n) is 5.33. The summed E-state index contributed by atoms with van der Waals surface area (Å²) in [5.74, 6) is 0.589. The van der Waals surface area contributed by atoms with Gasteiger partial charge in [-0.05, 0) is 18.3 Å². The lowest BCUT2D eigenvalue weighted by Gasteiger charge is -2.28. The Balaban J connectivity index is 2.19. The Morgan fingerprint density at radius 3 is 2.86 bits per heavy atom. The molecular weight excluding hydrogens is 178 g/mol. The normalized spacial score (nSPS) is 27.8. The molecule has 0 radical (unpaired) electrons. The van der Waals surface area contributed by atoms with Gasteiger partial charge in [0.2, 0.25) is 0 Å².